The highest BCUT2D eigenvalue weighted by atomic mass is 19.1. The number of hydrogen-bond acceptors (Lipinski definition) is 3. The summed E-state index contributed by atoms with van der Waals surface area (Å²) in [5.41, 5.74) is 1.92. The summed E-state index contributed by atoms with van der Waals surface area (Å²) in [6, 6.07) is 6.91. The van der Waals surface area contributed by atoms with Crippen LogP contribution in [-0.4, -0.2) is 17.7 Å². The first-order chi connectivity index (χ1) is 9.33. The second-order valence-corrected chi connectivity index (χ2v) is 5.02. The van der Waals surface area contributed by atoms with E-state index in [2.05, 4.69) is 10.5 Å². The molecule has 100 valence electrons. The van der Waals surface area contributed by atoms with Crippen molar-refractivity contribution in [1.29, 1.82) is 0 Å². The summed E-state index contributed by atoms with van der Waals surface area (Å²) >= 11 is 0. The van der Waals surface area contributed by atoms with Crippen LogP contribution in [0.5, 0.6) is 0 Å². The molecular weight excluding hydrogens is 243 g/mol. The second-order valence-electron chi connectivity index (χ2n) is 5.02. The summed E-state index contributed by atoms with van der Waals surface area (Å²) in [5.74, 6) is 0.654. The number of halogens is 1. The summed E-state index contributed by atoms with van der Waals surface area (Å²) in [6.07, 6.45) is 6.23. The first-order valence-corrected chi connectivity index (χ1v) is 6.76. The lowest BCUT2D eigenvalue weighted by atomic mass is 9.97. The van der Waals surface area contributed by atoms with Gasteiger partial charge in [0.25, 0.3) is 0 Å². The fourth-order valence-corrected chi connectivity index (χ4v) is 2.60. The Kier molecular flexibility index (Phi) is 3.60. The lowest BCUT2D eigenvalue weighted by molar-refractivity contribution is 0.337. The zero-order valence-corrected chi connectivity index (χ0v) is 10.7. The van der Waals surface area contributed by atoms with Crippen LogP contribution in [0.25, 0.3) is 11.1 Å². The molecule has 0 bridgehead atoms. The molecule has 0 aliphatic carbocycles. The van der Waals surface area contributed by atoms with Crippen LogP contribution in [-0.2, 0) is 6.42 Å². The molecule has 1 N–H and O–H groups in total. The Morgan fingerprint density at radius 2 is 2.11 bits per heavy atom. The molecule has 1 aliphatic rings. The van der Waals surface area contributed by atoms with Crippen LogP contribution < -0.4 is 5.32 Å². The zero-order chi connectivity index (χ0) is 13.1. The predicted octanol–water partition coefficient (Wildman–Crippen LogP) is 3.17. The fraction of sp³-hybridized carbons (Fsp3) is 0.400. The Hall–Kier alpha value is -1.68. The fourth-order valence-electron chi connectivity index (χ4n) is 2.60. The predicted molar refractivity (Wildman–Crippen MR) is 71.2 cm³/mol. The number of rotatable bonds is 3. The van der Waals surface area contributed by atoms with Crippen LogP contribution in [0.3, 0.4) is 0 Å². The highest BCUT2D eigenvalue weighted by Crippen LogP contribution is 2.26. The van der Waals surface area contributed by atoms with Crippen LogP contribution in [0.15, 0.2) is 35.0 Å². The van der Waals surface area contributed by atoms with Gasteiger partial charge in [-0.25, -0.2) is 4.39 Å². The van der Waals surface area contributed by atoms with Gasteiger partial charge in [0.1, 0.15) is 11.6 Å². The molecular formula is C15H17FN2O. The van der Waals surface area contributed by atoms with Gasteiger partial charge in [0.05, 0.1) is 6.20 Å². The molecule has 2 aromatic rings. The van der Waals surface area contributed by atoms with Gasteiger partial charge in [-0.15, -0.1) is 0 Å². The van der Waals surface area contributed by atoms with Crippen LogP contribution in [0.4, 0.5) is 4.39 Å². The number of piperidine rings is 1. The molecule has 1 aromatic heterocycles. The summed E-state index contributed by atoms with van der Waals surface area (Å²) < 4.78 is 18.3. The minimum atomic E-state index is -0.226. The summed E-state index contributed by atoms with van der Waals surface area (Å²) in [4.78, 5) is 0. The highest BCUT2D eigenvalue weighted by molar-refractivity contribution is 5.64. The maximum atomic E-state index is 13.0. The average molecular weight is 260 g/mol. The summed E-state index contributed by atoms with van der Waals surface area (Å²) in [5, 5.41) is 7.39. The molecule has 0 saturated carbocycles. The molecule has 3 rings (SSSR count). The van der Waals surface area contributed by atoms with Gasteiger partial charge in [0.15, 0.2) is 0 Å². The van der Waals surface area contributed by atoms with E-state index in [1.54, 1.807) is 18.3 Å². The minimum absolute atomic E-state index is 0.226. The van der Waals surface area contributed by atoms with E-state index >= 15 is 0 Å². The highest BCUT2D eigenvalue weighted by Gasteiger charge is 2.18. The van der Waals surface area contributed by atoms with Crippen LogP contribution in [0.2, 0.25) is 0 Å². The molecule has 1 fully saturated rings. The van der Waals surface area contributed by atoms with E-state index in [-0.39, 0.29) is 5.82 Å². The smallest absolute Gasteiger partial charge is 0.146 e. The van der Waals surface area contributed by atoms with Crippen molar-refractivity contribution >= 4 is 0 Å². The molecule has 3 nitrogen and oxygen atoms in total. The van der Waals surface area contributed by atoms with Gasteiger partial charge in [0.2, 0.25) is 0 Å². The van der Waals surface area contributed by atoms with Crippen molar-refractivity contribution in [3.05, 3.63) is 42.0 Å². The first-order valence-electron chi connectivity index (χ1n) is 6.76. The molecule has 0 spiro atoms. The second kappa shape index (κ2) is 5.53. The Bertz CT molecular complexity index is 529. The Balaban J connectivity index is 1.79. The van der Waals surface area contributed by atoms with E-state index in [4.69, 9.17) is 4.52 Å². The van der Waals surface area contributed by atoms with Gasteiger partial charge in [-0.3, -0.25) is 0 Å². The maximum Gasteiger partial charge on any atom is 0.146 e. The Morgan fingerprint density at radius 1 is 1.26 bits per heavy atom. The van der Waals surface area contributed by atoms with E-state index in [9.17, 15) is 4.39 Å². The molecule has 19 heavy (non-hydrogen) atoms. The first kappa shape index (κ1) is 12.4. The molecule has 1 aliphatic heterocycles. The van der Waals surface area contributed by atoms with E-state index < -0.39 is 0 Å². The number of nitrogens with zero attached hydrogens (tertiary/aromatic N) is 1. The van der Waals surface area contributed by atoms with Crippen LogP contribution in [0, 0.1) is 5.82 Å². The van der Waals surface area contributed by atoms with Crippen molar-refractivity contribution in [2.75, 3.05) is 6.54 Å². The molecule has 1 unspecified atom stereocenters. The van der Waals surface area contributed by atoms with Crippen molar-refractivity contribution in [2.24, 2.45) is 0 Å². The average Bonchev–Trinajstić information content (AvgIpc) is 2.89. The molecule has 2 heterocycles. The number of aromatic nitrogens is 1. The molecule has 0 radical (unpaired) electrons. The van der Waals surface area contributed by atoms with Crippen molar-refractivity contribution in [3.8, 4) is 11.1 Å². The number of hydrogen-bond donors (Lipinski definition) is 1. The largest absolute Gasteiger partial charge is 0.361 e. The SMILES string of the molecule is Fc1ccc(-c2cnoc2CC2CCCCN2)cc1. The lowest BCUT2D eigenvalue weighted by Crippen LogP contribution is -2.35. The third-order valence-corrected chi connectivity index (χ3v) is 3.64. The third kappa shape index (κ3) is 2.84. The maximum absolute atomic E-state index is 13.0. The third-order valence-electron chi connectivity index (χ3n) is 3.64. The Morgan fingerprint density at radius 3 is 2.84 bits per heavy atom. The minimum Gasteiger partial charge on any atom is -0.361 e. The van der Waals surface area contributed by atoms with Crippen molar-refractivity contribution in [3.63, 3.8) is 0 Å². The van der Waals surface area contributed by atoms with Crippen molar-refractivity contribution in [2.45, 2.75) is 31.7 Å². The van der Waals surface area contributed by atoms with E-state index in [0.29, 0.717) is 6.04 Å². The van der Waals surface area contributed by atoms with Gasteiger partial charge < -0.3 is 9.84 Å². The standard InChI is InChI=1S/C15H17FN2O/c16-12-6-4-11(5-7-12)14-10-18-19-15(14)9-13-3-1-2-8-17-13/h4-7,10,13,17H,1-3,8-9H2. The van der Waals surface area contributed by atoms with Crippen LogP contribution in [0.1, 0.15) is 25.0 Å². The summed E-state index contributed by atoms with van der Waals surface area (Å²) in [7, 11) is 0. The molecule has 0 amide bonds. The molecule has 1 atom stereocenters. The van der Waals surface area contributed by atoms with Crippen LogP contribution >= 0.6 is 0 Å². The van der Waals surface area contributed by atoms with Gasteiger partial charge >= 0.3 is 0 Å². The molecule has 1 aromatic carbocycles. The normalized spacial score (nSPS) is 19.5. The van der Waals surface area contributed by atoms with E-state index in [0.717, 1.165) is 29.9 Å². The Labute approximate surface area is 111 Å². The topological polar surface area (TPSA) is 38.1 Å². The van der Waals surface area contributed by atoms with Gasteiger partial charge in [-0.05, 0) is 37.1 Å². The zero-order valence-electron chi connectivity index (χ0n) is 10.7. The number of nitrogens with one attached hydrogen (secondary N) is 1. The molecule has 4 heteroatoms. The monoisotopic (exact) mass is 260 g/mol. The van der Waals surface area contributed by atoms with E-state index in [1.165, 1.54) is 31.4 Å². The summed E-state index contributed by atoms with van der Waals surface area (Å²) in [6.45, 7) is 1.07. The quantitative estimate of drug-likeness (QED) is 0.921. The van der Waals surface area contributed by atoms with Crippen molar-refractivity contribution in [1.82, 2.24) is 10.5 Å². The van der Waals surface area contributed by atoms with Gasteiger partial charge in [-0.1, -0.05) is 23.7 Å². The van der Waals surface area contributed by atoms with Gasteiger partial charge in [-0.2, -0.15) is 0 Å². The van der Waals surface area contributed by atoms with Gasteiger partial charge in [0, 0.05) is 18.0 Å². The lowest BCUT2D eigenvalue weighted by Gasteiger charge is -2.22. The van der Waals surface area contributed by atoms with E-state index in [1.807, 2.05) is 0 Å². The van der Waals surface area contributed by atoms with Crippen molar-refractivity contribution < 1.29 is 8.91 Å². The number of benzene rings is 1. The molecule has 1 saturated heterocycles.